The first kappa shape index (κ1) is 11.8. The standard InChI is InChI=1S/C8H5ClF3NO2/c1-15-3-2-4(10)13-6(7(9)14)5(3)8(11)12/h2,8H,1H3. The van der Waals surface area contributed by atoms with Crippen LogP contribution < -0.4 is 4.74 Å². The number of methoxy groups -OCH3 is 1. The van der Waals surface area contributed by atoms with Gasteiger partial charge < -0.3 is 4.74 Å². The van der Waals surface area contributed by atoms with Crippen molar-refractivity contribution in [2.45, 2.75) is 6.43 Å². The topological polar surface area (TPSA) is 39.2 Å². The van der Waals surface area contributed by atoms with Gasteiger partial charge in [-0.3, -0.25) is 4.79 Å². The SMILES string of the molecule is COc1cc(F)nc(C(=O)Cl)c1C(F)F. The molecule has 0 aliphatic rings. The number of aromatic nitrogens is 1. The molecule has 15 heavy (non-hydrogen) atoms. The Balaban J connectivity index is 3.47. The summed E-state index contributed by atoms with van der Waals surface area (Å²) in [5, 5.41) is -1.26. The molecule has 0 unspecified atom stereocenters. The number of carbonyl (C=O) groups is 1. The average Bonchev–Trinajstić information content (AvgIpc) is 2.15. The molecular formula is C8H5ClF3NO2. The molecule has 0 spiro atoms. The summed E-state index contributed by atoms with van der Waals surface area (Å²) in [6, 6.07) is 0.658. The summed E-state index contributed by atoms with van der Waals surface area (Å²) in [6.45, 7) is 0. The van der Waals surface area contributed by atoms with Gasteiger partial charge in [0.15, 0.2) is 0 Å². The van der Waals surface area contributed by atoms with Gasteiger partial charge in [-0.2, -0.15) is 4.39 Å². The quantitative estimate of drug-likeness (QED) is 0.601. The number of pyridine rings is 1. The molecule has 0 saturated carbocycles. The Morgan fingerprint density at radius 2 is 2.20 bits per heavy atom. The van der Waals surface area contributed by atoms with E-state index in [1.54, 1.807) is 0 Å². The van der Waals surface area contributed by atoms with E-state index < -0.39 is 34.6 Å². The van der Waals surface area contributed by atoms with E-state index in [0.717, 1.165) is 7.11 Å². The van der Waals surface area contributed by atoms with Gasteiger partial charge >= 0.3 is 0 Å². The first-order valence-electron chi connectivity index (χ1n) is 3.69. The number of carbonyl (C=O) groups excluding carboxylic acids is 1. The molecule has 3 nitrogen and oxygen atoms in total. The van der Waals surface area contributed by atoms with Crippen LogP contribution in [0.1, 0.15) is 22.5 Å². The van der Waals surface area contributed by atoms with E-state index >= 15 is 0 Å². The third-order valence-electron chi connectivity index (χ3n) is 1.61. The molecule has 1 aromatic heterocycles. The normalized spacial score (nSPS) is 10.5. The minimum atomic E-state index is -3.02. The number of halogens is 4. The Morgan fingerprint density at radius 1 is 1.60 bits per heavy atom. The third-order valence-corrected chi connectivity index (χ3v) is 1.79. The number of hydrogen-bond donors (Lipinski definition) is 0. The lowest BCUT2D eigenvalue weighted by Gasteiger charge is -2.09. The summed E-state index contributed by atoms with van der Waals surface area (Å²) in [6.07, 6.45) is -3.02. The molecule has 0 bridgehead atoms. The van der Waals surface area contributed by atoms with E-state index in [0.29, 0.717) is 6.07 Å². The summed E-state index contributed by atoms with van der Waals surface area (Å²) >= 11 is 5.00. The second-order valence-corrected chi connectivity index (χ2v) is 2.83. The second-order valence-electron chi connectivity index (χ2n) is 2.48. The largest absolute Gasteiger partial charge is 0.496 e. The third kappa shape index (κ3) is 2.38. The highest BCUT2D eigenvalue weighted by molar-refractivity contribution is 6.67. The van der Waals surface area contributed by atoms with E-state index in [-0.39, 0.29) is 0 Å². The van der Waals surface area contributed by atoms with Gasteiger partial charge in [0.2, 0.25) is 5.95 Å². The van der Waals surface area contributed by atoms with Crippen molar-refractivity contribution in [2.75, 3.05) is 7.11 Å². The number of nitrogens with zero attached hydrogens (tertiary/aromatic N) is 1. The Kier molecular flexibility index (Phi) is 3.52. The van der Waals surface area contributed by atoms with Gasteiger partial charge in [-0.1, -0.05) is 0 Å². The Bertz CT molecular complexity index is 398. The van der Waals surface area contributed by atoms with Gasteiger partial charge in [-0.15, -0.1) is 0 Å². The maximum Gasteiger partial charge on any atom is 0.271 e. The second kappa shape index (κ2) is 4.48. The summed E-state index contributed by atoms with van der Waals surface area (Å²) in [5.74, 6) is -1.57. The molecule has 0 saturated heterocycles. The van der Waals surface area contributed by atoms with Crippen LogP contribution in [0.4, 0.5) is 13.2 Å². The van der Waals surface area contributed by atoms with Crippen LogP contribution in [0.15, 0.2) is 6.07 Å². The summed E-state index contributed by atoms with van der Waals surface area (Å²) in [4.78, 5) is 13.7. The number of ether oxygens (including phenoxy) is 1. The molecule has 7 heteroatoms. The molecule has 0 fully saturated rings. The van der Waals surface area contributed by atoms with Crippen LogP contribution in [0.5, 0.6) is 5.75 Å². The highest BCUT2D eigenvalue weighted by atomic mass is 35.5. The van der Waals surface area contributed by atoms with Crippen molar-refractivity contribution < 1.29 is 22.7 Å². The molecule has 0 atom stereocenters. The summed E-state index contributed by atoms with van der Waals surface area (Å²) in [7, 11) is 1.07. The predicted molar refractivity (Wildman–Crippen MR) is 45.9 cm³/mol. The van der Waals surface area contributed by atoms with Crippen molar-refractivity contribution in [3.63, 3.8) is 0 Å². The van der Waals surface area contributed by atoms with Gasteiger partial charge in [-0.25, -0.2) is 13.8 Å². The van der Waals surface area contributed by atoms with E-state index in [9.17, 15) is 18.0 Å². The lowest BCUT2D eigenvalue weighted by atomic mass is 10.2. The summed E-state index contributed by atoms with van der Waals surface area (Å²) < 4.78 is 42.3. The van der Waals surface area contributed by atoms with Crippen LogP contribution in [-0.2, 0) is 0 Å². The molecule has 0 radical (unpaired) electrons. The minimum absolute atomic E-state index is 0.457. The summed E-state index contributed by atoms with van der Waals surface area (Å²) in [5.41, 5.74) is -1.64. The maximum atomic E-state index is 12.8. The molecule has 1 rings (SSSR count). The molecule has 0 amide bonds. The lowest BCUT2D eigenvalue weighted by Crippen LogP contribution is -2.06. The first-order valence-corrected chi connectivity index (χ1v) is 4.07. The van der Waals surface area contributed by atoms with Gasteiger partial charge in [0.05, 0.1) is 12.7 Å². The Hall–Kier alpha value is -1.30. The highest BCUT2D eigenvalue weighted by Gasteiger charge is 2.25. The van der Waals surface area contributed by atoms with Crippen LogP contribution in [0.2, 0.25) is 0 Å². The molecule has 0 aliphatic carbocycles. The molecule has 0 aromatic carbocycles. The average molecular weight is 240 g/mol. The van der Waals surface area contributed by atoms with Crippen molar-refractivity contribution in [1.29, 1.82) is 0 Å². The van der Waals surface area contributed by atoms with Crippen LogP contribution in [0.3, 0.4) is 0 Å². The molecule has 1 heterocycles. The fourth-order valence-electron chi connectivity index (χ4n) is 1.03. The zero-order valence-electron chi connectivity index (χ0n) is 7.43. The van der Waals surface area contributed by atoms with E-state index in [4.69, 9.17) is 11.6 Å². The fourth-order valence-corrected chi connectivity index (χ4v) is 1.18. The number of alkyl halides is 2. The maximum absolute atomic E-state index is 12.8. The Labute approximate surface area is 87.8 Å². The van der Waals surface area contributed by atoms with Crippen LogP contribution in [-0.4, -0.2) is 17.3 Å². The molecule has 1 aromatic rings. The van der Waals surface area contributed by atoms with Gasteiger partial charge in [-0.05, 0) is 11.6 Å². The van der Waals surface area contributed by atoms with Crippen molar-refractivity contribution in [3.05, 3.63) is 23.3 Å². The molecule has 82 valence electrons. The molecule has 0 aliphatic heterocycles. The fraction of sp³-hybridized carbons (Fsp3) is 0.250. The smallest absolute Gasteiger partial charge is 0.271 e. The zero-order valence-corrected chi connectivity index (χ0v) is 8.19. The van der Waals surface area contributed by atoms with Gasteiger partial charge in [0, 0.05) is 6.07 Å². The Morgan fingerprint density at radius 3 is 2.60 bits per heavy atom. The monoisotopic (exact) mass is 239 g/mol. The molecular weight excluding hydrogens is 235 g/mol. The van der Waals surface area contributed by atoms with Crippen molar-refractivity contribution in [3.8, 4) is 5.75 Å². The predicted octanol–water partition coefficient (Wildman–Crippen LogP) is 2.55. The number of rotatable bonds is 3. The minimum Gasteiger partial charge on any atom is -0.496 e. The number of hydrogen-bond acceptors (Lipinski definition) is 3. The van der Waals surface area contributed by atoms with Crippen LogP contribution in [0.25, 0.3) is 0 Å². The van der Waals surface area contributed by atoms with E-state index in [2.05, 4.69) is 9.72 Å². The van der Waals surface area contributed by atoms with Crippen molar-refractivity contribution in [2.24, 2.45) is 0 Å². The lowest BCUT2D eigenvalue weighted by molar-refractivity contribution is 0.105. The van der Waals surface area contributed by atoms with E-state index in [1.807, 2.05) is 0 Å². The van der Waals surface area contributed by atoms with Gasteiger partial charge in [0.1, 0.15) is 11.4 Å². The van der Waals surface area contributed by atoms with Crippen molar-refractivity contribution in [1.82, 2.24) is 4.98 Å². The molecule has 0 N–H and O–H groups in total. The zero-order chi connectivity index (χ0) is 11.6. The van der Waals surface area contributed by atoms with Gasteiger partial charge in [0.25, 0.3) is 11.7 Å². The van der Waals surface area contributed by atoms with Crippen LogP contribution >= 0.6 is 11.6 Å². The first-order chi connectivity index (χ1) is 6.97. The van der Waals surface area contributed by atoms with Crippen LogP contribution in [0, 0.1) is 5.95 Å². The van der Waals surface area contributed by atoms with Crippen molar-refractivity contribution >= 4 is 16.8 Å². The highest BCUT2D eigenvalue weighted by Crippen LogP contribution is 2.32. The van der Waals surface area contributed by atoms with E-state index in [1.165, 1.54) is 0 Å².